The third-order valence-corrected chi connectivity index (χ3v) is 8.89. The van der Waals surface area contributed by atoms with Crippen molar-refractivity contribution in [3.8, 4) is 56.0 Å². The molecule has 0 atom stereocenters. The van der Waals surface area contributed by atoms with Crippen LogP contribution in [-0.4, -0.2) is 9.97 Å². The molecule has 0 saturated carbocycles. The number of benzene rings is 7. The maximum atomic E-state index is 6.82. The summed E-state index contributed by atoms with van der Waals surface area (Å²) in [5.74, 6) is 0.706. The molecule has 3 nitrogen and oxygen atoms in total. The fraction of sp³-hybridized carbons (Fsp3) is 0. The van der Waals surface area contributed by atoms with E-state index in [1.54, 1.807) is 0 Å². The van der Waals surface area contributed by atoms with Gasteiger partial charge in [-0.05, 0) is 40.5 Å². The predicted octanol–water partition coefficient (Wildman–Crippen LogP) is 11.9. The smallest absolute Gasteiger partial charge is 0.160 e. The Balaban J connectivity index is 1.18. The normalized spacial score (nSPS) is 11.4. The molecule has 0 aliphatic rings. The quantitative estimate of drug-likeness (QED) is 0.197. The molecule has 2 heterocycles. The largest absolute Gasteiger partial charge is 0.455 e. The summed E-state index contributed by atoms with van der Waals surface area (Å²) in [6, 6.07) is 59.0. The van der Waals surface area contributed by atoms with Gasteiger partial charge in [0.1, 0.15) is 11.2 Å². The van der Waals surface area contributed by atoms with Crippen molar-refractivity contribution >= 4 is 32.8 Å². The molecule has 0 spiro atoms. The monoisotopic (exact) mass is 600 g/mol. The average Bonchev–Trinajstić information content (AvgIpc) is 3.54. The zero-order valence-corrected chi connectivity index (χ0v) is 25.5. The van der Waals surface area contributed by atoms with Crippen LogP contribution < -0.4 is 0 Å². The van der Waals surface area contributed by atoms with Crippen molar-refractivity contribution in [2.75, 3.05) is 0 Å². The first kappa shape index (κ1) is 27.0. The fourth-order valence-corrected chi connectivity index (χ4v) is 6.58. The van der Waals surface area contributed by atoms with Gasteiger partial charge in [-0.2, -0.15) is 0 Å². The van der Waals surface area contributed by atoms with Crippen LogP contribution in [-0.2, 0) is 0 Å². The minimum atomic E-state index is 0.706. The molecule has 9 aromatic rings. The zero-order valence-electron chi connectivity index (χ0n) is 25.5. The van der Waals surface area contributed by atoms with Gasteiger partial charge in [0.15, 0.2) is 5.82 Å². The number of hydrogen-bond acceptors (Lipinski definition) is 3. The fourth-order valence-electron chi connectivity index (χ4n) is 6.58. The van der Waals surface area contributed by atoms with Crippen LogP contribution in [0.15, 0.2) is 174 Å². The number of rotatable bonds is 5. The second-order valence-corrected chi connectivity index (χ2v) is 11.8. The number of para-hydroxylation sites is 2. The van der Waals surface area contributed by atoms with E-state index in [0.29, 0.717) is 5.82 Å². The van der Waals surface area contributed by atoms with E-state index in [2.05, 4.69) is 133 Å². The molecule has 0 aliphatic heterocycles. The maximum absolute atomic E-state index is 6.82. The minimum absolute atomic E-state index is 0.706. The lowest BCUT2D eigenvalue weighted by Crippen LogP contribution is -1.95. The SMILES string of the molecule is c1ccc(-c2cc(-c3ccccc3)c3oc4c(-c5ccc(-c6nc(-c7ccccc7)c7ccccc7n6)cc5)cccc4c3c2)cc1. The molecule has 7 aromatic carbocycles. The van der Waals surface area contributed by atoms with Crippen LogP contribution in [0.3, 0.4) is 0 Å². The van der Waals surface area contributed by atoms with E-state index < -0.39 is 0 Å². The Morgan fingerprint density at radius 3 is 1.66 bits per heavy atom. The van der Waals surface area contributed by atoms with Crippen molar-refractivity contribution in [2.24, 2.45) is 0 Å². The molecule has 220 valence electrons. The Labute approximate surface area is 272 Å². The average molecular weight is 601 g/mol. The molecule has 3 heteroatoms. The first-order chi connectivity index (χ1) is 23.3. The van der Waals surface area contributed by atoms with Gasteiger partial charge in [-0.1, -0.05) is 152 Å². The number of hydrogen-bond donors (Lipinski definition) is 0. The van der Waals surface area contributed by atoms with Crippen molar-refractivity contribution in [1.82, 2.24) is 9.97 Å². The first-order valence-electron chi connectivity index (χ1n) is 15.8. The summed E-state index contributed by atoms with van der Waals surface area (Å²) in [7, 11) is 0. The highest BCUT2D eigenvalue weighted by Gasteiger charge is 2.18. The van der Waals surface area contributed by atoms with E-state index in [0.717, 1.165) is 71.9 Å². The standard InChI is InChI=1S/C44H28N2O/c1-4-13-29(14-5-1)34-27-38(30-15-6-2-7-16-30)43-39(28-34)36-21-12-20-35(42(36)47-43)31-23-25-33(26-24-31)44-45-40-22-11-10-19-37(40)41(46-44)32-17-8-3-9-18-32/h1-28H. The van der Waals surface area contributed by atoms with Crippen molar-refractivity contribution in [3.05, 3.63) is 170 Å². The molecular weight excluding hydrogens is 572 g/mol. The van der Waals surface area contributed by atoms with Crippen molar-refractivity contribution < 1.29 is 4.42 Å². The predicted molar refractivity (Wildman–Crippen MR) is 194 cm³/mol. The van der Waals surface area contributed by atoms with Gasteiger partial charge in [0, 0.05) is 38.4 Å². The Kier molecular flexibility index (Phi) is 6.46. The van der Waals surface area contributed by atoms with Gasteiger partial charge in [0.25, 0.3) is 0 Å². The molecule has 0 amide bonds. The molecule has 0 aliphatic carbocycles. The van der Waals surface area contributed by atoms with Crippen molar-refractivity contribution in [3.63, 3.8) is 0 Å². The van der Waals surface area contributed by atoms with Crippen LogP contribution >= 0.6 is 0 Å². The lowest BCUT2D eigenvalue weighted by Gasteiger charge is -2.10. The van der Waals surface area contributed by atoms with Gasteiger partial charge in [0.05, 0.1) is 11.2 Å². The molecule has 0 N–H and O–H groups in total. The summed E-state index contributed by atoms with van der Waals surface area (Å²) in [6.07, 6.45) is 0. The Morgan fingerprint density at radius 2 is 0.915 bits per heavy atom. The molecule has 0 fully saturated rings. The maximum Gasteiger partial charge on any atom is 0.160 e. The van der Waals surface area contributed by atoms with E-state index in [-0.39, 0.29) is 0 Å². The third-order valence-electron chi connectivity index (χ3n) is 8.89. The van der Waals surface area contributed by atoms with Crippen LogP contribution in [0.2, 0.25) is 0 Å². The van der Waals surface area contributed by atoms with Gasteiger partial charge >= 0.3 is 0 Å². The van der Waals surface area contributed by atoms with Gasteiger partial charge in [-0.15, -0.1) is 0 Å². The van der Waals surface area contributed by atoms with Crippen LogP contribution in [0.25, 0.3) is 88.9 Å². The number of aromatic nitrogens is 2. The first-order valence-corrected chi connectivity index (χ1v) is 15.8. The summed E-state index contributed by atoms with van der Waals surface area (Å²) < 4.78 is 6.82. The van der Waals surface area contributed by atoms with E-state index >= 15 is 0 Å². The molecule has 0 radical (unpaired) electrons. The van der Waals surface area contributed by atoms with Crippen molar-refractivity contribution in [1.29, 1.82) is 0 Å². The summed E-state index contributed by atoms with van der Waals surface area (Å²) >= 11 is 0. The topological polar surface area (TPSA) is 38.9 Å². The van der Waals surface area contributed by atoms with Crippen LogP contribution in [0, 0.1) is 0 Å². The van der Waals surface area contributed by atoms with Gasteiger partial charge in [-0.3, -0.25) is 0 Å². The van der Waals surface area contributed by atoms with E-state index in [4.69, 9.17) is 14.4 Å². The van der Waals surface area contributed by atoms with E-state index in [1.165, 1.54) is 11.1 Å². The lowest BCUT2D eigenvalue weighted by molar-refractivity contribution is 0.671. The van der Waals surface area contributed by atoms with Gasteiger partial charge in [0.2, 0.25) is 0 Å². The van der Waals surface area contributed by atoms with E-state index in [9.17, 15) is 0 Å². The van der Waals surface area contributed by atoms with E-state index in [1.807, 2.05) is 36.4 Å². The second-order valence-electron chi connectivity index (χ2n) is 11.8. The third kappa shape index (κ3) is 4.77. The highest BCUT2D eigenvalue weighted by molar-refractivity contribution is 6.14. The van der Waals surface area contributed by atoms with Gasteiger partial charge < -0.3 is 4.42 Å². The molecule has 9 rings (SSSR count). The molecule has 0 unspecified atom stereocenters. The Hall–Kier alpha value is -6.32. The lowest BCUT2D eigenvalue weighted by atomic mass is 9.95. The Bertz CT molecular complexity index is 2540. The highest BCUT2D eigenvalue weighted by Crippen LogP contribution is 2.42. The highest BCUT2D eigenvalue weighted by atomic mass is 16.3. The number of furan rings is 1. The van der Waals surface area contributed by atoms with Crippen molar-refractivity contribution in [2.45, 2.75) is 0 Å². The van der Waals surface area contributed by atoms with Crippen LogP contribution in [0.4, 0.5) is 0 Å². The Morgan fingerprint density at radius 1 is 0.340 bits per heavy atom. The molecule has 0 saturated heterocycles. The van der Waals surface area contributed by atoms with Crippen LogP contribution in [0.1, 0.15) is 0 Å². The minimum Gasteiger partial charge on any atom is -0.455 e. The number of fused-ring (bicyclic) bond motifs is 4. The summed E-state index contributed by atoms with van der Waals surface area (Å²) in [5, 5.41) is 3.25. The molecule has 2 aromatic heterocycles. The summed E-state index contributed by atoms with van der Waals surface area (Å²) in [4.78, 5) is 10.0. The van der Waals surface area contributed by atoms with Gasteiger partial charge in [-0.25, -0.2) is 9.97 Å². The molecular formula is C44H28N2O. The molecule has 47 heavy (non-hydrogen) atoms. The zero-order chi connectivity index (χ0) is 31.2. The molecule has 0 bridgehead atoms. The number of nitrogens with zero attached hydrogens (tertiary/aromatic N) is 2. The second kappa shape index (κ2) is 11.2. The van der Waals surface area contributed by atoms with Crippen LogP contribution in [0.5, 0.6) is 0 Å². The summed E-state index contributed by atoms with van der Waals surface area (Å²) in [6.45, 7) is 0. The summed E-state index contributed by atoms with van der Waals surface area (Å²) in [5.41, 5.74) is 12.4.